The van der Waals surface area contributed by atoms with Gasteiger partial charge in [0.05, 0.1) is 14.2 Å². The highest BCUT2D eigenvalue weighted by Gasteiger charge is 2.14. The number of hydrogen-bond donors (Lipinski definition) is 2. The number of carbonyl (C=O) groups is 1. The van der Waals surface area contributed by atoms with Crippen molar-refractivity contribution in [3.63, 3.8) is 0 Å². The molecular weight excluding hydrogens is 379 g/mol. The van der Waals surface area contributed by atoms with Crippen molar-refractivity contribution >= 4 is 44.1 Å². The van der Waals surface area contributed by atoms with Crippen molar-refractivity contribution in [1.29, 1.82) is 0 Å². The third kappa shape index (κ3) is 3.19. The first-order valence-electron chi connectivity index (χ1n) is 7.27. The Morgan fingerprint density at radius 3 is 2.78 bits per heavy atom. The lowest BCUT2D eigenvalue weighted by Crippen LogP contribution is -2.24. The van der Waals surface area contributed by atoms with Crippen LogP contribution in [0.3, 0.4) is 0 Å². The summed E-state index contributed by atoms with van der Waals surface area (Å²) in [6.45, 7) is 4.42. The molecule has 3 nitrogen and oxygen atoms in total. The van der Waals surface area contributed by atoms with Crippen LogP contribution in [0, 0.1) is 19.7 Å². The summed E-state index contributed by atoms with van der Waals surface area (Å²) in [4.78, 5) is 15.9. The van der Waals surface area contributed by atoms with Gasteiger partial charge in [-0.05, 0) is 65.5 Å². The number of H-pyrrole nitrogens is 1. The summed E-state index contributed by atoms with van der Waals surface area (Å²) >= 11 is 4.75. The number of nitrogens with one attached hydrogen (secondary N) is 2. The van der Waals surface area contributed by atoms with Gasteiger partial charge < -0.3 is 10.3 Å². The lowest BCUT2D eigenvalue weighted by molar-refractivity contribution is 0.0958. The predicted molar refractivity (Wildman–Crippen MR) is 95.8 cm³/mol. The zero-order valence-electron chi connectivity index (χ0n) is 12.8. The Kier molecular flexibility index (Phi) is 4.55. The van der Waals surface area contributed by atoms with Crippen molar-refractivity contribution < 1.29 is 9.18 Å². The minimum Gasteiger partial charge on any atom is -0.356 e. The molecule has 0 unspecified atom stereocenters. The average Bonchev–Trinajstić information content (AvgIpc) is 3.08. The summed E-state index contributed by atoms with van der Waals surface area (Å²) in [6.07, 6.45) is 0.661. The average molecular weight is 395 g/mol. The van der Waals surface area contributed by atoms with Crippen LogP contribution in [0.4, 0.5) is 4.39 Å². The molecule has 3 aromatic rings. The van der Waals surface area contributed by atoms with Gasteiger partial charge in [0.1, 0.15) is 5.82 Å². The number of halogens is 2. The third-order valence-electron chi connectivity index (χ3n) is 3.89. The fourth-order valence-electron chi connectivity index (χ4n) is 2.78. The van der Waals surface area contributed by atoms with E-state index >= 15 is 0 Å². The monoisotopic (exact) mass is 394 g/mol. The molecule has 0 spiro atoms. The van der Waals surface area contributed by atoms with Crippen LogP contribution in [0.15, 0.2) is 28.1 Å². The van der Waals surface area contributed by atoms with Crippen LogP contribution in [-0.2, 0) is 6.42 Å². The minimum absolute atomic E-state index is 0.0823. The molecule has 1 amide bonds. The zero-order chi connectivity index (χ0) is 16.6. The van der Waals surface area contributed by atoms with Crippen molar-refractivity contribution in [3.05, 3.63) is 55.6 Å². The number of rotatable bonds is 4. The fourth-order valence-corrected chi connectivity index (χ4v) is 4.08. The van der Waals surface area contributed by atoms with Gasteiger partial charge in [-0.3, -0.25) is 4.79 Å². The molecule has 0 bridgehead atoms. The van der Waals surface area contributed by atoms with Crippen molar-refractivity contribution in [1.82, 2.24) is 10.3 Å². The van der Waals surface area contributed by atoms with E-state index in [1.54, 1.807) is 12.1 Å². The van der Waals surface area contributed by atoms with Gasteiger partial charge in [0, 0.05) is 17.6 Å². The van der Waals surface area contributed by atoms with Crippen LogP contribution in [0.5, 0.6) is 0 Å². The number of hydrogen-bond acceptors (Lipinski definition) is 2. The first-order valence-corrected chi connectivity index (χ1v) is 8.88. The highest BCUT2D eigenvalue weighted by molar-refractivity contribution is 9.11. The normalized spacial score (nSPS) is 11.1. The lowest BCUT2D eigenvalue weighted by Gasteiger charge is -2.06. The molecule has 0 aliphatic heterocycles. The Balaban J connectivity index is 1.76. The van der Waals surface area contributed by atoms with Gasteiger partial charge in [0.15, 0.2) is 0 Å². The number of fused-ring (bicyclic) bond motifs is 1. The van der Waals surface area contributed by atoms with E-state index in [4.69, 9.17) is 0 Å². The van der Waals surface area contributed by atoms with E-state index in [9.17, 15) is 9.18 Å². The van der Waals surface area contributed by atoms with E-state index in [0.717, 1.165) is 26.0 Å². The molecule has 120 valence electrons. The van der Waals surface area contributed by atoms with Gasteiger partial charge in [-0.2, -0.15) is 0 Å². The maximum Gasteiger partial charge on any atom is 0.261 e. The van der Waals surface area contributed by atoms with E-state index in [0.29, 0.717) is 23.4 Å². The van der Waals surface area contributed by atoms with Crippen molar-refractivity contribution in [2.24, 2.45) is 0 Å². The SMILES string of the molecule is Cc1[nH]c2c(F)ccc(C)c2c1CCNC(=O)c1ccc(Br)s1. The largest absolute Gasteiger partial charge is 0.356 e. The summed E-state index contributed by atoms with van der Waals surface area (Å²) in [5.74, 6) is -0.325. The van der Waals surface area contributed by atoms with Crippen LogP contribution in [0.2, 0.25) is 0 Å². The van der Waals surface area contributed by atoms with E-state index in [-0.39, 0.29) is 11.7 Å². The van der Waals surface area contributed by atoms with Gasteiger partial charge in [0.2, 0.25) is 0 Å². The highest BCUT2D eigenvalue weighted by Crippen LogP contribution is 2.28. The van der Waals surface area contributed by atoms with Gasteiger partial charge in [-0.15, -0.1) is 11.3 Å². The van der Waals surface area contributed by atoms with E-state index < -0.39 is 0 Å². The van der Waals surface area contributed by atoms with E-state index in [1.165, 1.54) is 17.4 Å². The molecule has 2 heterocycles. The highest BCUT2D eigenvalue weighted by atomic mass is 79.9. The van der Waals surface area contributed by atoms with Crippen LogP contribution in [0.25, 0.3) is 10.9 Å². The first kappa shape index (κ1) is 16.2. The molecule has 6 heteroatoms. The Labute approximate surface area is 146 Å². The zero-order valence-corrected chi connectivity index (χ0v) is 15.2. The maximum atomic E-state index is 13.9. The van der Waals surface area contributed by atoms with E-state index in [1.807, 2.05) is 19.9 Å². The number of aromatic amines is 1. The second-order valence-electron chi connectivity index (χ2n) is 5.45. The summed E-state index contributed by atoms with van der Waals surface area (Å²) in [5.41, 5.74) is 3.59. The predicted octanol–water partition coefficient (Wildman–Crippen LogP) is 4.72. The molecule has 2 aromatic heterocycles. The quantitative estimate of drug-likeness (QED) is 0.660. The molecule has 0 fully saturated rings. The van der Waals surface area contributed by atoms with Crippen molar-refractivity contribution in [3.8, 4) is 0 Å². The first-order chi connectivity index (χ1) is 11.0. The second kappa shape index (κ2) is 6.45. The molecule has 0 radical (unpaired) electrons. The Morgan fingerprint density at radius 1 is 1.30 bits per heavy atom. The summed E-state index contributed by atoms with van der Waals surface area (Å²) in [5, 5.41) is 3.85. The summed E-state index contributed by atoms with van der Waals surface area (Å²) in [6, 6.07) is 6.92. The molecule has 2 N–H and O–H groups in total. The topological polar surface area (TPSA) is 44.9 Å². The Morgan fingerprint density at radius 2 is 2.09 bits per heavy atom. The summed E-state index contributed by atoms with van der Waals surface area (Å²) < 4.78 is 14.9. The Hall–Kier alpha value is -1.66. The van der Waals surface area contributed by atoms with Gasteiger partial charge in [-0.25, -0.2) is 4.39 Å². The molecule has 0 aliphatic carbocycles. The van der Waals surface area contributed by atoms with Crippen LogP contribution in [-0.4, -0.2) is 17.4 Å². The minimum atomic E-state index is -0.243. The number of carbonyl (C=O) groups excluding carboxylic acids is 1. The molecule has 0 saturated heterocycles. The van der Waals surface area contributed by atoms with Gasteiger partial charge in [-0.1, -0.05) is 6.07 Å². The summed E-state index contributed by atoms with van der Waals surface area (Å²) in [7, 11) is 0. The molecule has 0 aliphatic rings. The smallest absolute Gasteiger partial charge is 0.261 e. The standard InChI is InChI=1S/C17H16BrFN2OS/c1-9-3-4-12(19)16-15(9)11(10(2)21-16)7-8-20-17(22)13-5-6-14(18)23-13/h3-6,21H,7-8H2,1-2H3,(H,20,22). The van der Waals surface area contributed by atoms with Gasteiger partial charge in [0.25, 0.3) is 5.91 Å². The molecule has 0 saturated carbocycles. The number of aryl methyl sites for hydroxylation is 2. The third-order valence-corrected chi connectivity index (χ3v) is 5.51. The lowest BCUT2D eigenvalue weighted by atomic mass is 10.0. The second-order valence-corrected chi connectivity index (χ2v) is 7.92. The number of benzene rings is 1. The number of aromatic nitrogens is 1. The van der Waals surface area contributed by atoms with Crippen LogP contribution in [0.1, 0.15) is 26.5 Å². The van der Waals surface area contributed by atoms with Crippen molar-refractivity contribution in [2.45, 2.75) is 20.3 Å². The Bertz CT molecular complexity index is 884. The maximum absolute atomic E-state index is 13.9. The van der Waals surface area contributed by atoms with Gasteiger partial charge >= 0.3 is 0 Å². The van der Waals surface area contributed by atoms with Crippen LogP contribution < -0.4 is 5.32 Å². The number of thiophene rings is 1. The molecule has 1 aromatic carbocycles. The van der Waals surface area contributed by atoms with Crippen LogP contribution >= 0.6 is 27.3 Å². The van der Waals surface area contributed by atoms with E-state index in [2.05, 4.69) is 26.2 Å². The molecule has 3 rings (SSSR count). The molecule has 0 atom stereocenters. The molecule has 23 heavy (non-hydrogen) atoms. The van der Waals surface area contributed by atoms with Crippen molar-refractivity contribution in [2.75, 3.05) is 6.54 Å². The fraction of sp³-hybridized carbons (Fsp3) is 0.235. The molecular formula is C17H16BrFN2OS. The number of amides is 1.